The van der Waals surface area contributed by atoms with E-state index in [1.54, 1.807) is 11.8 Å². The average molecular weight is 176 g/mol. The zero-order valence-electron chi connectivity index (χ0n) is 7.21. The van der Waals surface area contributed by atoms with Crippen molar-refractivity contribution in [2.75, 3.05) is 5.75 Å². The van der Waals surface area contributed by atoms with Crippen molar-refractivity contribution < 1.29 is 0 Å². The van der Waals surface area contributed by atoms with Crippen LogP contribution in [0.5, 0.6) is 0 Å². The average Bonchev–Trinajstić information content (AvgIpc) is 2.05. The minimum atomic E-state index is 0.800. The molecule has 0 N–H and O–H groups in total. The number of terminal acetylenes is 1. The minimum absolute atomic E-state index is 0.800. The molecule has 0 fully saturated rings. The molecule has 0 saturated carbocycles. The molecule has 12 heavy (non-hydrogen) atoms. The third-order valence-corrected chi connectivity index (χ3v) is 2.44. The van der Waals surface area contributed by atoms with E-state index in [1.807, 2.05) is 0 Å². The number of thioether (sulfide) groups is 1. The predicted octanol–water partition coefficient (Wildman–Crippen LogP) is 2.86. The largest absolute Gasteiger partial charge is 0.144 e. The van der Waals surface area contributed by atoms with Gasteiger partial charge in [-0.15, -0.1) is 18.2 Å². The van der Waals surface area contributed by atoms with Crippen LogP contribution in [0.1, 0.15) is 11.1 Å². The van der Waals surface area contributed by atoms with Crippen LogP contribution in [-0.4, -0.2) is 5.75 Å². The fourth-order valence-electron chi connectivity index (χ4n) is 1.03. The van der Waals surface area contributed by atoms with Crippen LogP contribution in [0, 0.1) is 19.3 Å². The Morgan fingerprint density at radius 3 is 3.00 bits per heavy atom. The van der Waals surface area contributed by atoms with E-state index in [-0.39, 0.29) is 0 Å². The van der Waals surface area contributed by atoms with Crippen LogP contribution in [0.3, 0.4) is 0 Å². The van der Waals surface area contributed by atoms with Gasteiger partial charge in [-0.25, -0.2) is 0 Å². The Hall–Kier alpha value is -0.870. The highest BCUT2D eigenvalue weighted by Crippen LogP contribution is 2.12. The van der Waals surface area contributed by atoms with Crippen LogP contribution < -0.4 is 0 Å². The first-order valence-corrected chi connectivity index (χ1v) is 5.05. The molecule has 0 unspecified atom stereocenters. The lowest BCUT2D eigenvalue weighted by Gasteiger charge is -1.99. The summed E-state index contributed by atoms with van der Waals surface area (Å²) in [6.45, 7) is 2.11. The van der Waals surface area contributed by atoms with Crippen molar-refractivity contribution in [3.8, 4) is 12.3 Å². The summed E-state index contributed by atoms with van der Waals surface area (Å²) in [5, 5.41) is 0. The first-order valence-electron chi connectivity index (χ1n) is 3.89. The summed E-state index contributed by atoms with van der Waals surface area (Å²) in [5.74, 6) is 4.43. The lowest BCUT2D eigenvalue weighted by molar-refractivity contribution is 1.35. The van der Waals surface area contributed by atoms with Crippen molar-refractivity contribution in [3.05, 3.63) is 35.4 Å². The highest BCUT2D eigenvalue weighted by atomic mass is 32.2. The number of hydrogen-bond donors (Lipinski definition) is 0. The van der Waals surface area contributed by atoms with Gasteiger partial charge in [0.2, 0.25) is 0 Å². The summed E-state index contributed by atoms with van der Waals surface area (Å²) in [5.41, 5.74) is 2.67. The van der Waals surface area contributed by atoms with Gasteiger partial charge in [-0.05, 0) is 12.5 Å². The van der Waals surface area contributed by atoms with Gasteiger partial charge < -0.3 is 0 Å². The Bertz CT molecular complexity index is 283. The molecule has 0 radical (unpaired) electrons. The van der Waals surface area contributed by atoms with E-state index in [2.05, 4.69) is 37.1 Å². The third-order valence-electron chi connectivity index (χ3n) is 1.54. The Kier molecular flexibility index (Phi) is 3.76. The molecule has 0 aliphatic heterocycles. The molecule has 0 amide bonds. The van der Waals surface area contributed by atoms with Gasteiger partial charge in [0, 0.05) is 5.75 Å². The molecule has 0 atom stereocenters. The van der Waals surface area contributed by atoms with Gasteiger partial charge in [0.15, 0.2) is 0 Å². The molecule has 62 valence electrons. The maximum atomic E-state index is 5.15. The summed E-state index contributed by atoms with van der Waals surface area (Å²) in [6.07, 6.45) is 5.15. The fraction of sp³-hybridized carbons (Fsp3) is 0.273. The zero-order chi connectivity index (χ0) is 8.81. The normalized spacial score (nSPS) is 9.33. The first-order chi connectivity index (χ1) is 5.83. The van der Waals surface area contributed by atoms with Crippen LogP contribution in [0.25, 0.3) is 0 Å². The van der Waals surface area contributed by atoms with E-state index < -0.39 is 0 Å². The van der Waals surface area contributed by atoms with Gasteiger partial charge in [-0.1, -0.05) is 35.7 Å². The smallest absolute Gasteiger partial charge is 0.0548 e. The summed E-state index contributed by atoms with van der Waals surface area (Å²) in [6, 6.07) is 8.52. The van der Waals surface area contributed by atoms with E-state index in [1.165, 1.54) is 11.1 Å². The van der Waals surface area contributed by atoms with Crippen molar-refractivity contribution in [1.82, 2.24) is 0 Å². The van der Waals surface area contributed by atoms with Crippen molar-refractivity contribution in [3.63, 3.8) is 0 Å². The van der Waals surface area contributed by atoms with E-state index >= 15 is 0 Å². The Morgan fingerprint density at radius 2 is 2.33 bits per heavy atom. The van der Waals surface area contributed by atoms with E-state index in [0.717, 1.165) is 11.5 Å². The van der Waals surface area contributed by atoms with E-state index in [0.29, 0.717) is 0 Å². The second-order valence-corrected chi connectivity index (χ2v) is 3.67. The van der Waals surface area contributed by atoms with Crippen molar-refractivity contribution in [2.45, 2.75) is 12.7 Å². The topological polar surface area (TPSA) is 0 Å². The number of benzene rings is 1. The van der Waals surface area contributed by atoms with Gasteiger partial charge in [0.1, 0.15) is 0 Å². The van der Waals surface area contributed by atoms with Gasteiger partial charge in [0.05, 0.1) is 5.75 Å². The number of rotatable bonds is 3. The molecule has 0 nitrogen and oxygen atoms in total. The highest BCUT2D eigenvalue weighted by molar-refractivity contribution is 7.98. The molecular formula is C11H12S. The quantitative estimate of drug-likeness (QED) is 0.504. The summed E-state index contributed by atoms with van der Waals surface area (Å²) in [7, 11) is 0. The predicted molar refractivity (Wildman–Crippen MR) is 56.2 cm³/mol. The first kappa shape index (κ1) is 9.22. The monoisotopic (exact) mass is 176 g/mol. The Balaban J connectivity index is 2.48. The molecule has 0 saturated heterocycles. The molecular weight excluding hydrogens is 164 g/mol. The van der Waals surface area contributed by atoms with Gasteiger partial charge in [-0.3, -0.25) is 0 Å². The fourth-order valence-corrected chi connectivity index (χ4v) is 1.66. The van der Waals surface area contributed by atoms with Crippen LogP contribution in [0.4, 0.5) is 0 Å². The number of hydrogen-bond acceptors (Lipinski definition) is 1. The molecule has 1 aromatic carbocycles. The van der Waals surface area contributed by atoms with Crippen LogP contribution in [-0.2, 0) is 5.75 Å². The van der Waals surface area contributed by atoms with Crippen molar-refractivity contribution in [1.29, 1.82) is 0 Å². The molecule has 1 heteroatoms. The molecule has 0 aliphatic rings. The van der Waals surface area contributed by atoms with Crippen molar-refractivity contribution >= 4 is 11.8 Å². The summed E-state index contributed by atoms with van der Waals surface area (Å²) < 4.78 is 0. The van der Waals surface area contributed by atoms with Gasteiger partial charge >= 0.3 is 0 Å². The molecule has 0 heterocycles. The third kappa shape index (κ3) is 3.02. The molecule has 0 spiro atoms. The Morgan fingerprint density at radius 1 is 1.50 bits per heavy atom. The molecule has 0 aromatic heterocycles. The molecule has 1 rings (SSSR count). The maximum Gasteiger partial charge on any atom is 0.0548 e. The maximum absolute atomic E-state index is 5.15. The second kappa shape index (κ2) is 4.90. The van der Waals surface area contributed by atoms with Crippen molar-refractivity contribution in [2.24, 2.45) is 0 Å². The zero-order valence-corrected chi connectivity index (χ0v) is 8.03. The SMILES string of the molecule is C#CCSCc1cccc(C)c1. The molecule has 0 aliphatic carbocycles. The standard InChI is InChI=1S/C11H12S/c1-3-7-12-9-11-6-4-5-10(2)8-11/h1,4-6,8H,7,9H2,2H3. The van der Waals surface area contributed by atoms with Crippen LogP contribution in [0.2, 0.25) is 0 Å². The summed E-state index contributed by atoms with van der Waals surface area (Å²) in [4.78, 5) is 0. The summed E-state index contributed by atoms with van der Waals surface area (Å²) >= 11 is 1.78. The lowest BCUT2D eigenvalue weighted by atomic mass is 10.2. The lowest BCUT2D eigenvalue weighted by Crippen LogP contribution is -1.82. The van der Waals surface area contributed by atoms with Gasteiger partial charge in [0.25, 0.3) is 0 Å². The van der Waals surface area contributed by atoms with Crippen LogP contribution in [0.15, 0.2) is 24.3 Å². The Labute approximate surface area is 78.4 Å². The minimum Gasteiger partial charge on any atom is -0.144 e. The van der Waals surface area contributed by atoms with E-state index in [9.17, 15) is 0 Å². The number of aryl methyl sites for hydroxylation is 1. The highest BCUT2D eigenvalue weighted by Gasteiger charge is 1.91. The molecule has 0 bridgehead atoms. The van der Waals surface area contributed by atoms with E-state index in [4.69, 9.17) is 6.42 Å². The van der Waals surface area contributed by atoms with Gasteiger partial charge in [-0.2, -0.15) is 0 Å². The molecule has 1 aromatic rings. The second-order valence-electron chi connectivity index (χ2n) is 2.69. The van der Waals surface area contributed by atoms with Crippen LogP contribution >= 0.6 is 11.8 Å².